The topological polar surface area (TPSA) is 20.3 Å². The fraction of sp³-hybridized carbons (Fsp3) is 0.588. The summed E-state index contributed by atoms with van der Waals surface area (Å²) in [5.74, 6) is 1.54. The molecule has 0 N–H and O–H groups in total. The molecule has 0 heterocycles. The van der Waals surface area contributed by atoms with E-state index >= 15 is 0 Å². The lowest BCUT2D eigenvalue weighted by atomic mass is 9.87. The molecule has 3 heteroatoms. The first kappa shape index (κ1) is 15.4. The molecular weight excluding hydrogens is 266 g/mol. The second kappa shape index (κ2) is 6.21. The van der Waals surface area contributed by atoms with Gasteiger partial charge in [0.15, 0.2) is 0 Å². The maximum absolute atomic E-state index is 12.0. The standard InChI is InChI=1S/C17H25NOS/c1-17(2,3)14-7-9-15(10-8-14)20-12-16(19)18(4)11-13-5-6-13/h7-10,13H,5-6,11-12H2,1-4H3. The Morgan fingerprint density at radius 1 is 1.25 bits per heavy atom. The molecule has 1 aliphatic carbocycles. The summed E-state index contributed by atoms with van der Waals surface area (Å²) in [5, 5.41) is 0. The van der Waals surface area contributed by atoms with Crippen LogP contribution in [0, 0.1) is 5.92 Å². The molecule has 0 radical (unpaired) electrons. The predicted octanol–water partition coefficient (Wildman–Crippen LogP) is 3.94. The number of hydrogen-bond donors (Lipinski definition) is 0. The number of thioether (sulfide) groups is 1. The van der Waals surface area contributed by atoms with Crippen LogP contribution >= 0.6 is 11.8 Å². The number of hydrogen-bond acceptors (Lipinski definition) is 2. The summed E-state index contributed by atoms with van der Waals surface area (Å²) in [5.41, 5.74) is 1.52. The third-order valence-corrected chi connectivity index (χ3v) is 4.73. The number of benzene rings is 1. The summed E-state index contributed by atoms with van der Waals surface area (Å²) in [6.45, 7) is 7.57. The number of rotatable bonds is 5. The van der Waals surface area contributed by atoms with Crippen molar-refractivity contribution in [1.29, 1.82) is 0 Å². The van der Waals surface area contributed by atoms with Crippen molar-refractivity contribution in [3.63, 3.8) is 0 Å². The van der Waals surface area contributed by atoms with E-state index in [1.54, 1.807) is 11.8 Å². The van der Waals surface area contributed by atoms with Crippen molar-refractivity contribution in [3.05, 3.63) is 29.8 Å². The van der Waals surface area contributed by atoms with E-state index in [4.69, 9.17) is 0 Å². The van der Waals surface area contributed by atoms with Crippen LogP contribution in [0.4, 0.5) is 0 Å². The van der Waals surface area contributed by atoms with Gasteiger partial charge in [-0.05, 0) is 41.9 Å². The molecule has 0 unspecified atom stereocenters. The maximum Gasteiger partial charge on any atom is 0.232 e. The third kappa shape index (κ3) is 4.55. The molecule has 1 aliphatic rings. The van der Waals surface area contributed by atoms with Crippen LogP contribution in [-0.2, 0) is 10.2 Å². The van der Waals surface area contributed by atoms with E-state index in [0.29, 0.717) is 5.75 Å². The molecule has 110 valence electrons. The van der Waals surface area contributed by atoms with E-state index in [9.17, 15) is 4.79 Å². The molecule has 1 fully saturated rings. The Kier molecular flexibility index (Phi) is 4.79. The number of amides is 1. The van der Waals surface area contributed by atoms with Gasteiger partial charge in [-0.3, -0.25) is 4.79 Å². The highest BCUT2D eigenvalue weighted by atomic mass is 32.2. The van der Waals surface area contributed by atoms with Gasteiger partial charge in [-0.1, -0.05) is 32.9 Å². The minimum absolute atomic E-state index is 0.184. The quantitative estimate of drug-likeness (QED) is 0.766. The second-order valence-electron chi connectivity index (χ2n) is 6.78. The highest BCUT2D eigenvalue weighted by molar-refractivity contribution is 8.00. The summed E-state index contributed by atoms with van der Waals surface area (Å²) < 4.78 is 0. The van der Waals surface area contributed by atoms with Crippen molar-refractivity contribution < 1.29 is 4.79 Å². The normalized spacial score (nSPS) is 15.2. The van der Waals surface area contributed by atoms with Crippen molar-refractivity contribution >= 4 is 17.7 Å². The fourth-order valence-electron chi connectivity index (χ4n) is 2.10. The second-order valence-corrected chi connectivity index (χ2v) is 7.83. The molecule has 0 bridgehead atoms. The van der Waals surface area contributed by atoms with Gasteiger partial charge in [0.05, 0.1) is 5.75 Å². The molecule has 2 nitrogen and oxygen atoms in total. The van der Waals surface area contributed by atoms with Crippen molar-refractivity contribution in [3.8, 4) is 0 Å². The number of nitrogens with zero attached hydrogens (tertiary/aromatic N) is 1. The molecule has 20 heavy (non-hydrogen) atoms. The van der Waals surface area contributed by atoms with Gasteiger partial charge in [-0.25, -0.2) is 0 Å². The smallest absolute Gasteiger partial charge is 0.232 e. The maximum atomic E-state index is 12.0. The van der Waals surface area contributed by atoms with E-state index < -0.39 is 0 Å². The molecular formula is C17H25NOS. The highest BCUT2D eigenvalue weighted by Gasteiger charge is 2.24. The Morgan fingerprint density at radius 2 is 1.85 bits per heavy atom. The highest BCUT2D eigenvalue weighted by Crippen LogP contribution is 2.30. The summed E-state index contributed by atoms with van der Waals surface area (Å²) in [7, 11) is 1.92. The number of carbonyl (C=O) groups excluding carboxylic acids is 1. The molecule has 1 amide bonds. The zero-order chi connectivity index (χ0) is 14.8. The molecule has 0 aliphatic heterocycles. The minimum Gasteiger partial charge on any atom is -0.345 e. The summed E-state index contributed by atoms with van der Waals surface area (Å²) >= 11 is 1.63. The fourth-order valence-corrected chi connectivity index (χ4v) is 2.94. The third-order valence-electron chi connectivity index (χ3n) is 3.74. The SMILES string of the molecule is CN(CC1CC1)C(=O)CSc1ccc(C(C)(C)C)cc1. The van der Waals surface area contributed by atoms with Crippen LogP contribution in [0.3, 0.4) is 0 Å². The molecule has 1 saturated carbocycles. The molecule has 0 atom stereocenters. The van der Waals surface area contributed by atoms with Gasteiger partial charge < -0.3 is 4.90 Å². The summed E-state index contributed by atoms with van der Waals surface area (Å²) in [4.78, 5) is 15.1. The Morgan fingerprint density at radius 3 is 2.35 bits per heavy atom. The van der Waals surface area contributed by atoms with Gasteiger partial charge in [-0.15, -0.1) is 11.8 Å². The molecule has 1 aromatic rings. The van der Waals surface area contributed by atoms with Crippen LogP contribution < -0.4 is 0 Å². The van der Waals surface area contributed by atoms with Crippen LogP contribution in [0.15, 0.2) is 29.2 Å². The minimum atomic E-state index is 0.184. The van der Waals surface area contributed by atoms with Gasteiger partial charge >= 0.3 is 0 Å². The molecule has 1 aromatic carbocycles. The monoisotopic (exact) mass is 291 g/mol. The van der Waals surface area contributed by atoms with E-state index in [0.717, 1.165) is 12.5 Å². The van der Waals surface area contributed by atoms with Crippen LogP contribution in [0.2, 0.25) is 0 Å². The van der Waals surface area contributed by atoms with Crippen molar-refractivity contribution in [2.24, 2.45) is 5.92 Å². The zero-order valence-corrected chi connectivity index (χ0v) is 13.8. The molecule has 0 spiro atoms. The van der Waals surface area contributed by atoms with E-state index in [2.05, 4.69) is 45.0 Å². The lowest BCUT2D eigenvalue weighted by Gasteiger charge is -2.19. The zero-order valence-electron chi connectivity index (χ0n) is 13.0. The van der Waals surface area contributed by atoms with Crippen LogP contribution in [0.1, 0.15) is 39.2 Å². The van der Waals surface area contributed by atoms with Crippen molar-refractivity contribution in [2.75, 3.05) is 19.3 Å². The predicted molar refractivity (Wildman–Crippen MR) is 86.2 cm³/mol. The van der Waals surface area contributed by atoms with E-state index in [1.807, 2.05) is 11.9 Å². The first-order valence-electron chi connectivity index (χ1n) is 7.33. The molecule has 2 rings (SSSR count). The first-order valence-corrected chi connectivity index (χ1v) is 8.32. The van der Waals surface area contributed by atoms with Gasteiger partial charge in [0.25, 0.3) is 0 Å². The Labute approximate surface area is 126 Å². The Hall–Kier alpha value is -0.960. The van der Waals surface area contributed by atoms with Crippen molar-refractivity contribution in [2.45, 2.75) is 43.9 Å². The van der Waals surface area contributed by atoms with Crippen LogP contribution in [0.5, 0.6) is 0 Å². The van der Waals surface area contributed by atoms with Gasteiger partial charge in [0, 0.05) is 18.5 Å². The Balaban J connectivity index is 1.82. The van der Waals surface area contributed by atoms with E-state index in [1.165, 1.54) is 23.3 Å². The van der Waals surface area contributed by atoms with Gasteiger partial charge in [-0.2, -0.15) is 0 Å². The average molecular weight is 291 g/mol. The first-order chi connectivity index (χ1) is 9.36. The van der Waals surface area contributed by atoms with Crippen LogP contribution in [-0.4, -0.2) is 30.2 Å². The van der Waals surface area contributed by atoms with Gasteiger partial charge in [0.2, 0.25) is 5.91 Å². The van der Waals surface area contributed by atoms with E-state index in [-0.39, 0.29) is 11.3 Å². The molecule has 0 aromatic heterocycles. The summed E-state index contributed by atoms with van der Waals surface area (Å²) in [6.07, 6.45) is 2.58. The average Bonchev–Trinajstić information content (AvgIpc) is 3.19. The lowest BCUT2D eigenvalue weighted by molar-refractivity contribution is -0.127. The summed E-state index contributed by atoms with van der Waals surface area (Å²) in [6, 6.07) is 8.58. The lowest BCUT2D eigenvalue weighted by Crippen LogP contribution is -2.30. The van der Waals surface area contributed by atoms with Crippen LogP contribution in [0.25, 0.3) is 0 Å². The van der Waals surface area contributed by atoms with Gasteiger partial charge in [0.1, 0.15) is 0 Å². The van der Waals surface area contributed by atoms with Crippen molar-refractivity contribution in [1.82, 2.24) is 4.90 Å². The Bertz CT molecular complexity index is 457. The number of carbonyl (C=O) groups is 1. The molecule has 0 saturated heterocycles. The largest absolute Gasteiger partial charge is 0.345 e.